The molecule has 4 aromatic rings. The summed E-state index contributed by atoms with van der Waals surface area (Å²) in [5, 5.41) is 4.85. The second kappa shape index (κ2) is 16.9. The summed E-state index contributed by atoms with van der Waals surface area (Å²) >= 11 is 0. The van der Waals surface area contributed by atoms with E-state index in [2.05, 4.69) is 31.9 Å². The normalized spacial score (nSPS) is 16.4. The molecule has 18 heteroatoms. The zero-order valence-electron chi connectivity index (χ0n) is 33.9. The first-order valence-electron chi connectivity index (χ1n) is 18.8. The molecule has 318 valence electrons. The molecule has 2 aliphatic rings. The highest BCUT2D eigenvalue weighted by molar-refractivity contribution is 6.06. The quantitative estimate of drug-likeness (QED) is 0.130. The van der Waals surface area contributed by atoms with E-state index in [-0.39, 0.29) is 36.9 Å². The number of H-pyrrole nitrogens is 1. The van der Waals surface area contributed by atoms with E-state index in [9.17, 15) is 32.3 Å². The Hall–Kier alpha value is -6.72. The van der Waals surface area contributed by atoms with Gasteiger partial charge in [-0.1, -0.05) is 6.58 Å². The first kappa shape index (κ1) is 42.9. The van der Waals surface area contributed by atoms with Crippen molar-refractivity contribution in [3.05, 3.63) is 89.8 Å². The number of pyridine rings is 1. The summed E-state index contributed by atoms with van der Waals surface area (Å²) in [6, 6.07) is 11.4. The number of nitrogens with zero attached hydrogens (tertiary/aromatic N) is 3. The third kappa shape index (κ3) is 9.43. The van der Waals surface area contributed by atoms with Gasteiger partial charge in [0.1, 0.15) is 28.7 Å². The maximum absolute atomic E-state index is 14.5. The van der Waals surface area contributed by atoms with Gasteiger partial charge in [-0.25, -0.2) is 9.78 Å². The number of alkyl halides is 3. The SMILES string of the molecule is C=CC(=O)Nc1cc(C(=O)Nc2cc(-c3cc4c([nH]3)C3(CCCN(C(=O)OC(C)(C)C)C3)CN(Cc3c(OC)cc(OC)cc3OC)C4=O)ccn2)ccc1OC(F)(F)F. The predicted octanol–water partition coefficient (Wildman–Crippen LogP) is 7.30. The first-order chi connectivity index (χ1) is 28.3. The molecule has 15 nitrogen and oxygen atoms in total. The Morgan fingerprint density at radius 2 is 1.67 bits per heavy atom. The van der Waals surface area contributed by atoms with Crippen LogP contribution in [-0.2, 0) is 21.5 Å². The van der Waals surface area contributed by atoms with Gasteiger partial charge in [0.05, 0.1) is 44.7 Å². The summed E-state index contributed by atoms with van der Waals surface area (Å²) in [7, 11) is 4.56. The lowest BCUT2D eigenvalue weighted by Crippen LogP contribution is -2.58. The molecule has 3 N–H and O–H groups in total. The van der Waals surface area contributed by atoms with E-state index in [1.807, 2.05) is 0 Å². The average Bonchev–Trinajstić information content (AvgIpc) is 3.67. The average molecular weight is 835 g/mol. The molecule has 1 fully saturated rings. The Morgan fingerprint density at radius 3 is 2.30 bits per heavy atom. The number of likely N-dealkylation sites (tertiary alicyclic amines) is 1. The van der Waals surface area contributed by atoms with E-state index in [0.717, 1.165) is 24.3 Å². The number of halogens is 3. The number of rotatable bonds is 11. The van der Waals surface area contributed by atoms with E-state index in [0.29, 0.717) is 64.7 Å². The number of nitrogens with one attached hydrogen (secondary N) is 3. The fraction of sp³-hybridized carbons (Fsp3) is 0.357. The molecular weight excluding hydrogens is 789 g/mol. The number of aromatic nitrogens is 2. The molecule has 4 heterocycles. The van der Waals surface area contributed by atoms with E-state index < -0.39 is 46.7 Å². The van der Waals surface area contributed by atoms with Crippen molar-refractivity contribution in [3.63, 3.8) is 0 Å². The fourth-order valence-corrected chi connectivity index (χ4v) is 7.40. The predicted molar refractivity (Wildman–Crippen MR) is 213 cm³/mol. The number of benzene rings is 2. The van der Waals surface area contributed by atoms with Crippen LogP contribution in [0.2, 0.25) is 0 Å². The monoisotopic (exact) mass is 834 g/mol. The minimum absolute atomic E-state index is 0.0764. The topological polar surface area (TPSA) is 174 Å². The molecule has 60 heavy (non-hydrogen) atoms. The van der Waals surface area contributed by atoms with E-state index in [1.165, 1.54) is 27.5 Å². The van der Waals surface area contributed by atoms with Crippen molar-refractivity contribution in [1.82, 2.24) is 19.8 Å². The van der Waals surface area contributed by atoms with Gasteiger partial charge >= 0.3 is 12.5 Å². The molecule has 2 aromatic heterocycles. The Labute approximate surface area is 343 Å². The van der Waals surface area contributed by atoms with Crippen molar-refractivity contribution >= 4 is 35.3 Å². The van der Waals surface area contributed by atoms with Crippen molar-refractivity contribution in [2.75, 3.05) is 51.6 Å². The number of hydrogen-bond donors (Lipinski definition) is 3. The second-order valence-electron chi connectivity index (χ2n) is 15.3. The van der Waals surface area contributed by atoms with Gasteiger partial charge in [-0.2, -0.15) is 0 Å². The standard InChI is InChI=1S/C42H45F3N6O9/c1-8-35(52)47-30-16-25(10-11-31(30)59-42(43,44)45)37(53)49-34-17-24(12-14-46-34)29-20-27-36(48-29)41(13-9-15-50(22-41)39(55)60-40(2,3)4)23-51(38(27)54)21-28-32(57-6)18-26(56-5)19-33(28)58-7/h8,10-12,14,16-20,48H,1,9,13,15,21-23H2,2-7H3,(H,47,52)(H,46,49,53). The van der Waals surface area contributed by atoms with Crippen molar-refractivity contribution in [2.24, 2.45) is 0 Å². The Kier molecular flexibility index (Phi) is 12.1. The van der Waals surface area contributed by atoms with Crippen molar-refractivity contribution in [2.45, 2.75) is 57.5 Å². The number of amides is 4. The number of hydrogen-bond acceptors (Lipinski definition) is 10. The maximum atomic E-state index is 14.5. The van der Waals surface area contributed by atoms with Crippen LogP contribution in [0.1, 0.15) is 65.6 Å². The highest BCUT2D eigenvalue weighted by Crippen LogP contribution is 2.44. The maximum Gasteiger partial charge on any atom is 0.573 e. The van der Waals surface area contributed by atoms with Gasteiger partial charge in [0.2, 0.25) is 5.91 Å². The fourth-order valence-electron chi connectivity index (χ4n) is 7.40. The van der Waals surface area contributed by atoms with Crippen molar-refractivity contribution in [1.29, 1.82) is 0 Å². The lowest BCUT2D eigenvalue weighted by Gasteiger charge is -2.47. The Balaban J connectivity index is 1.35. The lowest BCUT2D eigenvalue weighted by molar-refractivity contribution is -0.274. The molecule has 1 atom stereocenters. The molecule has 0 bridgehead atoms. The Morgan fingerprint density at radius 1 is 0.950 bits per heavy atom. The second-order valence-corrected chi connectivity index (χ2v) is 15.3. The highest BCUT2D eigenvalue weighted by atomic mass is 19.4. The molecule has 2 aliphatic heterocycles. The minimum atomic E-state index is -5.06. The van der Waals surface area contributed by atoms with Crippen LogP contribution in [0.25, 0.3) is 11.3 Å². The third-order valence-electron chi connectivity index (χ3n) is 9.98. The number of carbonyl (C=O) groups excluding carboxylic acids is 4. The van der Waals surface area contributed by atoms with Gasteiger partial charge in [0.15, 0.2) is 5.75 Å². The highest BCUT2D eigenvalue weighted by Gasteiger charge is 2.49. The van der Waals surface area contributed by atoms with Crippen LogP contribution in [0, 0.1) is 0 Å². The number of aromatic amines is 1. The van der Waals surface area contributed by atoms with Crippen LogP contribution in [0.3, 0.4) is 0 Å². The molecule has 1 spiro atoms. The van der Waals surface area contributed by atoms with Crippen molar-refractivity contribution in [3.8, 4) is 34.3 Å². The summed E-state index contributed by atoms with van der Waals surface area (Å²) in [5.41, 5.74) is 0.685. The molecule has 6 rings (SSSR count). The molecule has 1 saturated heterocycles. The van der Waals surface area contributed by atoms with Crippen LogP contribution < -0.4 is 29.6 Å². The summed E-state index contributed by atoms with van der Waals surface area (Å²) in [6.45, 7) is 9.74. The lowest BCUT2D eigenvalue weighted by atomic mass is 9.73. The molecular formula is C42H45F3N6O9. The summed E-state index contributed by atoms with van der Waals surface area (Å²) in [5.74, 6) is -1.08. The van der Waals surface area contributed by atoms with Crippen LogP contribution in [0.4, 0.5) is 29.5 Å². The van der Waals surface area contributed by atoms with Gasteiger partial charge in [0, 0.05) is 65.9 Å². The van der Waals surface area contributed by atoms with Crippen LogP contribution in [0.5, 0.6) is 23.0 Å². The van der Waals surface area contributed by atoms with Crippen LogP contribution in [-0.4, -0.2) is 96.5 Å². The number of piperidine rings is 1. The number of fused-ring (bicyclic) bond motifs is 2. The molecule has 0 aliphatic carbocycles. The largest absolute Gasteiger partial charge is 0.573 e. The van der Waals surface area contributed by atoms with Crippen molar-refractivity contribution < 1.29 is 56.0 Å². The molecule has 0 saturated carbocycles. The smallest absolute Gasteiger partial charge is 0.496 e. The summed E-state index contributed by atoms with van der Waals surface area (Å²) < 4.78 is 65.8. The van der Waals surface area contributed by atoms with Gasteiger partial charge < -0.3 is 49.1 Å². The van der Waals surface area contributed by atoms with Gasteiger partial charge in [-0.15, -0.1) is 13.2 Å². The first-order valence-corrected chi connectivity index (χ1v) is 18.8. The van der Waals surface area contributed by atoms with E-state index in [1.54, 1.807) is 60.9 Å². The Bertz CT molecular complexity index is 2300. The summed E-state index contributed by atoms with van der Waals surface area (Å²) in [6.07, 6.45) is -1.99. The van der Waals surface area contributed by atoms with Gasteiger partial charge in [0.25, 0.3) is 11.8 Å². The van der Waals surface area contributed by atoms with Crippen LogP contribution in [0.15, 0.2) is 67.4 Å². The molecule has 0 radical (unpaired) electrons. The van der Waals surface area contributed by atoms with Gasteiger partial charge in [-0.3, -0.25) is 14.4 Å². The van der Waals surface area contributed by atoms with E-state index >= 15 is 0 Å². The number of methoxy groups -OCH3 is 3. The number of ether oxygens (including phenoxy) is 5. The number of anilines is 2. The zero-order chi connectivity index (χ0) is 43.6. The number of carbonyl (C=O) groups is 4. The third-order valence-corrected chi connectivity index (χ3v) is 9.98. The molecule has 2 aromatic carbocycles. The van der Waals surface area contributed by atoms with E-state index in [4.69, 9.17) is 18.9 Å². The minimum Gasteiger partial charge on any atom is -0.496 e. The molecule has 4 amide bonds. The zero-order valence-corrected chi connectivity index (χ0v) is 33.9. The summed E-state index contributed by atoms with van der Waals surface area (Å²) in [4.78, 5) is 64.4. The van der Waals surface area contributed by atoms with Gasteiger partial charge in [-0.05, 0) is 76.1 Å². The molecule has 1 unspecified atom stereocenters. The van der Waals surface area contributed by atoms with Crippen LogP contribution >= 0.6 is 0 Å².